The highest BCUT2D eigenvalue weighted by Crippen LogP contribution is 2.27. The third-order valence-electron chi connectivity index (χ3n) is 3.82. The van der Waals surface area contributed by atoms with Crippen LogP contribution in [0.2, 0.25) is 0 Å². The maximum atomic E-state index is 10.0. The van der Waals surface area contributed by atoms with Gasteiger partial charge in [-0.3, -0.25) is 0 Å². The van der Waals surface area contributed by atoms with Gasteiger partial charge >= 0.3 is 0 Å². The van der Waals surface area contributed by atoms with E-state index in [1.54, 1.807) is 6.92 Å². The van der Waals surface area contributed by atoms with Crippen molar-refractivity contribution in [3.8, 4) is 16.9 Å². The second-order valence-electron chi connectivity index (χ2n) is 6.29. The van der Waals surface area contributed by atoms with Gasteiger partial charge in [0.25, 0.3) is 0 Å². The SMILES string of the molecule is CC(=NO)c1cc(-c2ccccc2)ccc1OCC(O)CNC(C)C. The average Bonchev–Trinajstić information content (AvgIpc) is 2.64. The molecule has 0 saturated heterocycles. The molecule has 25 heavy (non-hydrogen) atoms. The van der Waals surface area contributed by atoms with Gasteiger partial charge in [-0.25, -0.2) is 0 Å². The molecule has 0 bridgehead atoms. The molecule has 134 valence electrons. The first-order chi connectivity index (χ1) is 12.0. The van der Waals surface area contributed by atoms with E-state index in [-0.39, 0.29) is 6.61 Å². The number of aliphatic hydroxyl groups is 1. The van der Waals surface area contributed by atoms with Gasteiger partial charge < -0.3 is 20.4 Å². The largest absolute Gasteiger partial charge is 0.490 e. The highest BCUT2D eigenvalue weighted by molar-refractivity contribution is 6.01. The van der Waals surface area contributed by atoms with Crippen molar-refractivity contribution in [1.82, 2.24) is 5.32 Å². The Bertz CT molecular complexity index is 699. The molecule has 0 saturated carbocycles. The fraction of sp³-hybridized carbons (Fsp3) is 0.350. The topological polar surface area (TPSA) is 74.1 Å². The van der Waals surface area contributed by atoms with Crippen LogP contribution in [0, 0.1) is 0 Å². The summed E-state index contributed by atoms with van der Waals surface area (Å²) in [6.45, 7) is 6.39. The number of aliphatic hydroxyl groups excluding tert-OH is 1. The summed E-state index contributed by atoms with van der Waals surface area (Å²) in [5.74, 6) is 0.582. The van der Waals surface area contributed by atoms with E-state index in [9.17, 15) is 5.11 Å². The van der Waals surface area contributed by atoms with Crippen molar-refractivity contribution in [2.45, 2.75) is 32.9 Å². The van der Waals surface area contributed by atoms with E-state index in [1.807, 2.05) is 62.4 Å². The lowest BCUT2D eigenvalue weighted by Crippen LogP contribution is -2.35. The predicted molar refractivity (Wildman–Crippen MR) is 101 cm³/mol. The van der Waals surface area contributed by atoms with Gasteiger partial charge in [0.15, 0.2) is 0 Å². The minimum atomic E-state index is -0.615. The zero-order valence-electron chi connectivity index (χ0n) is 14.9. The quantitative estimate of drug-likeness (QED) is 0.391. The fourth-order valence-corrected chi connectivity index (χ4v) is 2.42. The molecule has 0 radical (unpaired) electrons. The second-order valence-corrected chi connectivity index (χ2v) is 6.29. The van der Waals surface area contributed by atoms with Crippen molar-refractivity contribution in [1.29, 1.82) is 0 Å². The highest BCUT2D eigenvalue weighted by Gasteiger charge is 2.12. The molecule has 0 aliphatic rings. The number of nitrogens with one attached hydrogen (secondary N) is 1. The van der Waals surface area contributed by atoms with Gasteiger partial charge in [-0.15, -0.1) is 0 Å². The normalized spacial score (nSPS) is 13.1. The lowest BCUT2D eigenvalue weighted by Gasteiger charge is -2.17. The van der Waals surface area contributed by atoms with E-state index >= 15 is 0 Å². The van der Waals surface area contributed by atoms with Crippen LogP contribution in [0.5, 0.6) is 5.75 Å². The van der Waals surface area contributed by atoms with Crippen LogP contribution in [0.15, 0.2) is 53.7 Å². The fourth-order valence-electron chi connectivity index (χ4n) is 2.42. The second kappa shape index (κ2) is 9.20. The summed E-state index contributed by atoms with van der Waals surface area (Å²) < 4.78 is 5.76. The van der Waals surface area contributed by atoms with Crippen molar-refractivity contribution in [2.75, 3.05) is 13.2 Å². The molecule has 1 unspecified atom stereocenters. The van der Waals surface area contributed by atoms with Gasteiger partial charge in [-0.1, -0.05) is 55.4 Å². The van der Waals surface area contributed by atoms with Gasteiger partial charge in [-0.2, -0.15) is 0 Å². The molecule has 0 spiro atoms. The Hall–Kier alpha value is -2.37. The van der Waals surface area contributed by atoms with E-state index in [0.717, 1.165) is 11.1 Å². The van der Waals surface area contributed by atoms with Crippen molar-refractivity contribution < 1.29 is 15.1 Å². The maximum Gasteiger partial charge on any atom is 0.128 e. The zero-order chi connectivity index (χ0) is 18.2. The van der Waals surface area contributed by atoms with Crippen LogP contribution in [-0.4, -0.2) is 41.3 Å². The molecule has 0 aromatic heterocycles. The first-order valence-corrected chi connectivity index (χ1v) is 8.44. The number of hydrogen-bond donors (Lipinski definition) is 3. The first-order valence-electron chi connectivity index (χ1n) is 8.44. The lowest BCUT2D eigenvalue weighted by atomic mass is 10.0. The van der Waals surface area contributed by atoms with Gasteiger partial charge in [-0.05, 0) is 30.2 Å². The summed E-state index contributed by atoms with van der Waals surface area (Å²) in [5, 5.41) is 25.7. The van der Waals surface area contributed by atoms with E-state index < -0.39 is 6.10 Å². The Labute approximate surface area is 149 Å². The van der Waals surface area contributed by atoms with Crippen LogP contribution < -0.4 is 10.1 Å². The van der Waals surface area contributed by atoms with Crippen molar-refractivity contribution in [2.24, 2.45) is 5.16 Å². The smallest absolute Gasteiger partial charge is 0.128 e. The molecule has 5 nitrogen and oxygen atoms in total. The van der Waals surface area contributed by atoms with Crippen LogP contribution >= 0.6 is 0 Å². The number of oxime groups is 1. The van der Waals surface area contributed by atoms with E-state index in [4.69, 9.17) is 9.94 Å². The predicted octanol–water partition coefficient (Wildman–Crippen LogP) is 3.29. The monoisotopic (exact) mass is 342 g/mol. The van der Waals surface area contributed by atoms with Gasteiger partial charge in [0.1, 0.15) is 18.5 Å². The summed E-state index contributed by atoms with van der Waals surface area (Å²) in [7, 11) is 0. The van der Waals surface area contributed by atoms with Crippen LogP contribution in [0.1, 0.15) is 26.3 Å². The third-order valence-corrected chi connectivity index (χ3v) is 3.82. The minimum absolute atomic E-state index is 0.163. The Morgan fingerprint density at radius 3 is 2.48 bits per heavy atom. The Morgan fingerprint density at radius 1 is 1.12 bits per heavy atom. The molecule has 0 fully saturated rings. The molecule has 0 aliphatic carbocycles. The van der Waals surface area contributed by atoms with Gasteiger partial charge in [0.05, 0.1) is 5.71 Å². The van der Waals surface area contributed by atoms with Crippen LogP contribution in [0.25, 0.3) is 11.1 Å². The average molecular weight is 342 g/mol. The van der Waals surface area contributed by atoms with E-state index in [1.165, 1.54) is 0 Å². The number of rotatable bonds is 8. The molecule has 2 rings (SSSR count). The van der Waals surface area contributed by atoms with E-state index in [0.29, 0.717) is 29.6 Å². The first kappa shape index (κ1) is 19.0. The number of benzene rings is 2. The van der Waals surface area contributed by atoms with Crippen molar-refractivity contribution in [3.05, 3.63) is 54.1 Å². The minimum Gasteiger partial charge on any atom is -0.490 e. The molecular formula is C20H26N2O3. The maximum absolute atomic E-state index is 10.0. The number of ether oxygens (including phenoxy) is 1. The zero-order valence-corrected chi connectivity index (χ0v) is 14.9. The van der Waals surface area contributed by atoms with Crippen molar-refractivity contribution in [3.63, 3.8) is 0 Å². The van der Waals surface area contributed by atoms with E-state index in [2.05, 4.69) is 10.5 Å². The molecule has 2 aromatic rings. The van der Waals surface area contributed by atoms with Gasteiger partial charge in [0.2, 0.25) is 0 Å². The summed E-state index contributed by atoms with van der Waals surface area (Å²) in [6.07, 6.45) is -0.615. The standard InChI is InChI=1S/C20H26N2O3/c1-14(2)21-12-18(23)13-25-20-10-9-17(11-19(20)15(3)22-24)16-7-5-4-6-8-16/h4-11,14,18,21,23-24H,12-13H2,1-3H3. The highest BCUT2D eigenvalue weighted by atomic mass is 16.5. The molecule has 0 amide bonds. The number of nitrogens with zero attached hydrogens (tertiary/aromatic N) is 1. The molecule has 3 N–H and O–H groups in total. The number of hydrogen-bond acceptors (Lipinski definition) is 5. The Balaban J connectivity index is 2.17. The lowest BCUT2D eigenvalue weighted by molar-refractivity contribution is 0.104. The van der Waals surface area contributed by atoms with Crippen LogP contribution in [-0.2, 0) is 0 Å². The Kier molecular flexibility index (Phi) is 6.98. The van der Waals surface area contributed by atoms with Crippen molar-refractivity contribution >= 4 is 5.71 Å². The molecule has 2 aromatic carbocycles. The molecule has 0 heterocycles. The third kappa shape index (κ3) is 5.59. The molecular weight excluding hydrogens is 316 g/mol. The molecule has 5 heteroatoms. The van der Waals surface area contributed by atoms with Crippen LogP contribution in [0.4, 0.5) is 0 Å². The summed E-state index contributed by atoms with van der Waals surface area (Å²) in [6, 6.07) is 16.0. The summed E-state index contributed by atoms with van der Waals surface area (Å²) in [5.41, 5.74) is 3.24. The molecule has 1 atom stereocenters. The van der Waals surface area contributed by atoms with Gasteiger partial charge in [0, 0.05) is 18.2 Å². The summed E-state index contributed by atoms with van der Waals surface area (Å²) in [4.78, 5) is 0. The van der Waals surface area contributed by atoms with Crippen LogP contribution in [0.3, 0.4) is 0 Å². The molecule has 0 aliphatic heterocycles. The summed E-state index contributed by atoms with van der Waals surface area (Å²) >= 11 is 0. The Morgan fingerprint density at radius 2 is 1.84 bits per heavy atom.